The Hall–Kier alpha value is -2.82. The lowest BCUT2D eigenvalue weighted by molar-refractivity contribution is -0.118. The fourth-order valence-corrected chi connectivity index (χ4v) is 3.36. The van der Waals surface area contributed by atoms with Crippen LogP contribution in [-0.2, 0) is 4.79 Å². The largest absolute Gasteiger partial charge is 0.484 e. The summed E-state index contributed by atoms with van der Waals surface area (Å²) in [5.74, 6) is 0.356. The molecule has 0 radical (unpaired) electrons. The van der Waals surface area contributed by atoms with Crippen LogP contribution in [0.2, 0.25) is 0 Å². The Kier molecular flexibility index (Phi) is 6.69. The molecule has 0 aromatic heterocycles. The standard InChI is InChI=1S/C23H28N2O3/c1-17-11-12-19(15-18(17)2)28-16-22(26)24-21-10-6-5-9-20(21)23(27)25-13-7-3-4-8-14-25/h5-6,9-12,15H,3-4,7-8,13-14,16H2,1-2H3,(H,24,26). The van der Waals surface area contributed by atoms with Crippen LogP contribution in [0.5, 0.6) is 5.75 Å². The second kappa shape index (κ2) is 9.40. The fraction of sp³-hybridized carbons (Fsp3) is 0.391. The maximum atomic E-state index is 12.9. The number of anilines is 1. The normalized spacial score (nSPS) is 14.3. The van der Waals surface area contributed by atoms with Gasteiger partial charge in [-0.3, -0.25) is 9.59 Å². The Labute approximate surface area is 166 Å². The zero-order valence-corrected chi connectivity index (χ0v) is 16.7. The monoisotopic (exact) mass is 380 g/mol. The first-order valence-corrected chi connectivity index (χ1v) is 9.93. The van der Waals surface area contributed by atoms with Crippen molar-refractivity contribution in [2.75, 3.05) is 25.0 Å². The molecule has 3 rings (SSSR count). The molecule has 2 amide bonds. The van der Waals surface area contributed by atoms with Gasteiger partial charge in [0.15, 0.2) is 6.61 Å². The highest BCUT2D eigenvalue weighted by Crippen LogP contribution is 2.20. The Balaban J connectivity index is 1.64. The third kappa shape index (κ3) is 5.12. The molecular weight excluding hydrogens is 352 g/mol. The van der Waals surface area contributed by atoms with Crippen LogP contribution < -0.4 is 10.1 Å². The van der Waals surface area contributed by atoms with Crippen LogP contribution >= 0.6 is 0 Å². The van der Waals surface area contributed by atoms with Crippen molar-refractivity contribution in [3.8, 4) is 5.75 Å². The van der Waals surface area contributed by atoms with E-state index in [1.807, 2.05) is 49.1 Å². The fourth-order valence-electron chi connectivity index (χ4n) is 3.36. The lowest BCUT2D eigenvalue weighted by Crippen LogP contribution is -2.33. The summed E-state index contributed by atoms with van der Waals surface area (Å²) < 4.78 is 5.60. The average molecular weight is 380 g/mol. The smallest absolute Gasteiger partial charge is 0.262 e. The molecular formula is C23H28N2O3. The molecule has 1 heterocycles. The quantitative estimate of drug-likeness (QED) is 0.840. The van der Waals surface area contributed by atoms with Gasteiger partial charge in [-0.1, -0.05) is 31.0 Å². The molecule has 28 heavy (non-hydrogen) atoms. The molecule has 0 spiro atoms. The highest BCUT2D eigenvalue weighted by Gasteiger charge is 2.20. The molecule has 0 bridgehead atoms. The average Bonchev–Trinajstić information content (AvgIpc) is 2.98. The highest BCUT2D eigenvalue weighted by molar-refractivity contribution is 6.04. The van der Waals surface area contributed by atoms with Crippen LogP contribution in [0.25, 0.3) is 0 Å². The maximum Gasteiger partial charge on any atom is 0.262 e. The minimum atomic E-state index is -0.283. The van der Waals surface area contributed by atoms with Crippen molar-refractivity contribution < 1.29 is 14.3 Å². The number of nitrogens with one attached hydrogen (secondary N) is 1. The van der Waals surface area contributed by atoms with Gasteiger partial charge in [0, 0.05) is 13.1 Å². The maximum absolute atomic E-state index is 12.9. The first kappa shape index (κ1) is 19.9. The van der Waals surface area contributed by atoms with Crippen LogP contribution in [0.4, 0.5) is 5.69 Å². The number of ether oxygens (including phenoxy) is 1. The zero-order chi connectivity index (χ0) is 19.9. The van der Waals surface area contributed by atoms with Crippen molar-refractivity contribution in [3.05, 3.63) is 59.2 Å². The van der Waals surface area contributed by atoms with Gasteiger partial charge in [0.05, 0.1) is 11.3 Å². The predicted molar refractivity (Wildman–Crippen MR) is 111 cm³/mol. The van der Waals surface area contributed by atoms with Crippen molar-refractivity contribution in [2.45, 2.75) is 39.5 Å². The van der Waals surface area contributed by atoms with E-state index in [1.54, 1.807) is 12.1 Å². The molecule has 2 aromatic rings. The third-order valence-corrected chi connectivity index (χ3v) is 5.17. The van der Waals surface area contributed by atoms with Gasteiger partial charge in [0.2, 0.25) is 0 Å². The molecule has 0 aliphatic carbocycles. The van der Waals surface area contributed by atoms with Crippen LogP contribution in [0, 0.1) is 13.8 Å². The molecule has 1 aliphatic rings. The number of carbonyl (C=O) groups excluding carboxylic acids is 2. The molecule has 1 N–H and O–H groups in total. The van der Waals surface area contributed by atoms with Crippen LogP contribution in [0.15, 0.2) is 42.5 Å². The Bertz CT molecular complexity index is 839. The van der Waals surface area contributed by atoms with Gasteiger partial charge in [-0.15, -0.1) is 0 Å². The summed E-state index contributed by atoms with van der Waals surface area (Å²) in [7, 11) is 0. The summed E-state index contributed by atoms with van der Waals surface area (Å²) in [5, 5.41) is 2.83. The van der Waals surface area contributed by atoms with E-state index >= 15 is 0 Å². The van der Waals surface area contributed by atoms with E-state index in [2.05, 4.69) is 5.32 Å². The highest BCUT2D eigenvalue weighted by atomic mass is 16.5. The lowest BCUT2D eigenvalue weighted by Gasteiger charge is -2.22. The molecule has 5 heteroatoms. The SMILES string of the molecule is Cc1ccc(OCC(=O)Nc2ccccc2C(=O)N2CCCCCC2)cc1C. The van der Waals surface area contributed by atoms with E-state index < -0.39 is 0 Å². The first-order chi connectivity index (χ1) is 13.5. The molecule has 1 aliphatic heterocycles. The summed E-state index contributed by atoms with van der Waals surface area (Å²) >= 11 is 0. The van der Waals surface area contributed by atoms with Gasteiger partial charge in [-0.2, -0.15) is 0 Å². The third-order valence-electron chi connectivity index (χ3n) is 5.17. The number of aryl methyl sites for hydroxylation is 2. The van der Waals surface area contributed by atoms with Gasteiger partial charge in [-0.05, 0) is 62.1 Å². The summed E-state index contributed by atoms with van der Waals surface area (Å²) in [4.78, 5) is 27.2. The Morgan fingerprint density at radius 1 is 0.964 bits per heavy atom. The minimum absolute atomic E-state index is 0.0205. The number of amides is 2. The number of benzene rings is 2. The summed E-state index contributed by atoms with van der Waals surface area (Å²) in [6.45, 7) is 5.49. The number of hydrogen-bond donors (Lipinski definition) is 1. The summed E-state index contributed by atoms with van der Waals surface area (Å²) in [6, 6.07) is 12.9. The van der Waals surface area contributed by atoms with Crippen molar-refractivity contribution in [2.24, 2.45) is 0 Å². The van der Waals surface area contributed by atoms with Crippen LogP contribution in [0.1, 0.15) is 47.2 Å². The minimum Gasteiger partial charge on any atom is -0.484 e. The van der Waals surface area contributed by atoms with E-state index in [0.717, 1.165) is 44.3 Å². The van der Waals surface area contributed by atoms with Crippen molar-refractivity contribution in [1.29, 1.82) is 0 Å². The van der Waals surface area contributed by atoms with Crippen molar-refractivity contribution >= 4 is 17.5 Å². The number of nitrogens with zero attached hydrogens (tertiary/aromatic N) is 1. The van der Waals surface area contributed by atoms with Crippen molar-refractivity contribution in [1.82, 2.24) is 4.90 Å². The van der Waals surface area contributed by atoms with E-state index in [4.69, 9.17) is 4.74 Å². The number of likely N-dealkylation sites (tertiary alicyclic amines) is 1. The predicted octanol–water partition coefficient (Wildman–Crippen LogP) is 4.34. The molecule has 1 fully saturated rings. The zero-order valence-electron chi connectivity index (χ0n) is 16.7. The van der Waals surface area contributed by atoms with Gasteiger partial charge >= 0.3 is 0 Å². The van der Waals surface area contributed by atoms with Gasteiger partial charge < -0.3 is 15.0 Å². The molecule has 0 saturated carbocycles. The molecule has 0 unspecified atom stereocenters. The number of carbonyl (C=O) groups is 2. The van der Waals surface area contributed by atoms with E-state index in [9.17, 15) is 9.59 Å². The van der Waals surface area contributed by atoms with Crippen LogP contribution in [0.3, 0.4) is 0 Å². The lowest BCUT2D eigenvalue weighted by atomic mass is 10.1. The Morgan fingerprint density at radius 2 is 1.68 bits per heavy atom. The van der Waals surface area contributed by atoms with E-state index in [0.29, 0.717) is 17.0 Å². The van der Waals surface area contributed by atoms with E-state index in [1.165, 1.54) is 5.56 Å². The number of hydrogen-bond acceptors (Lipinski definition) is 3. The second-order valence-electron chi connectivity index (χ2n) is 7.33. The van der Waals surface area contributed by atoms with Gasteiger partial charge in [0.25, 0.3) is 11.8 Å². The topological polar surface area (TPSA) is 58.6 Å². The number of para-hydroxylation sites is 1. The van der Waals surface area contributed by atoms with Crippen molar-refractivity contribution in [3.63, 3.8) is 0 Å². The molecule has 148 valence electrons. The number of rotatable bonds is 5. The molecule has 0 atom stereocenters. The second-order valence-corrected chi connectivity index (χ2v) is 7.33. The molecule has 5 nitrogen and oxygen atoms in total. The molecule has 2 aromatic carbocycles. The van der Waals surface area contributed by atoms with Crippen LogP contribution in [-0.4, -0.2) is 36.4 Å². The van der Waals surface area contributed by atoms with Gasteiger partial charge in [-0.25, -0.2) is 0 Å². The first-order valence-electron chi connectivity index (χ1n) is 9.93. The Morgan fingerprint density at radius 3 is 2.39 bits per heavy atom. The molecule has 1 saturated heterocycles. The summed E-state index contributed by atoms with van der Waals surface area (Å²) in [5.41, 5.74) is 3.36. The summed E-state index contributed by atoms with van der Waals surface area (Å²) in [6.07, 6.45) is 4.39. The van der Waals surface area contributed by atoms with E-state index in [-0.39, 0.29) is 18.4 Å². The van der Waals surface area contributed by atoms with Gasteiger partial charge in [0.1, 0.15) is 5.75 Å².